The minimum Gasteiger partial charge on any atom is -0.384 e. The molecule has 0 bridgehead atoms. The highest BCUT2D eigenvalue weighted by Crippen LogP contribution is 2.23. The summed E-state index contributed by atoms with van der Waals surface area (Å²) >= 11 is 1.43. The molecule has 0 spiro atoms. The van der Waals surface area contributed by atoms with Crippen LogP contribution >= 0.6 is 11.8 Å². The highest BCUT2D eigenvalue weighted by atomic mass is 32.2. The van der Waals surface area contributed by atoms with E-state index in [9.17, 15) is 4.39 Å². The van der Waals surface area contributed by atoms with E-state index < -0.39 is 0 Å². The first-order valence-corrected chi connectivity index (χ1v) is 7.13. The summed E-state index contributed by atoms with van der Waals surface area (Å²) in [4.78, 5) is 9.17. The zero-order valence-electron chi connectivity index (χ0n) is 10.9. The van der Waals surface area contributed by atoms with Crippen molar-refractivity contribution in [3.8, 4) is 11.6 Å². The van der Waals surface area contributed by atoms with Gasteiger partial charge in [0, 0.05) is 4.90 Å². The Hall–Kier alpha value is -2.41. The first kappa shape index (κ1) is 13.6. The minimum absolute atomic E-state index is 0.266. The summed E-state index contributed by atoms with van der Waals surface area (Å²) in [6, 6.07) is 11.5. The second-order valence-corrected chi connectivity index (χ2v) is 5.26. The van der Waals surface area contributed by atoms with Crippen LogP contribution in [0.2, 0.25) is 0 Å². The van der Waals surface area contributed by atoms with Gasteiger partial charge in [-0.1, -0.05) is 17.3 Å². The molecular weight excluding hydrogens is 291 g/mol. The van der Waals surface area contributed by atoms with Crippen LogP contribution in [-0.4, -0.2) is 15.1 Å². The average Bonchev–Trinajstić information content (AvgIpc) is 2.94. The maximum Gasteiger partial charge on any atom is 0.276 e. The van der Waals surface area contributed by atoms with Gasteiger partial charge in [-0.05, 0) is 30.3 Å². The van der Waals surface area contributed by atoms with Gasteiger partial charge in [0.2, 0.25) is 0 Å². The van der Waals surface area contributed by atoms with Gasteiger partial charge in [-0.3, -0.25) is 0 Å². The van der Waals surface area contributed by atoms with Crippen LogP contribution in [-0.2, 0) is 5.75 Å². The molecule has 21 heavy (non-hydrogen) atoms. The molecule has 1 aromatic carbocycles. The number of pyridine rings is 1. The van der Waals surface area contributed by atoms with Gasteiger partial charge in [-0.2, -0.15) is 4.98 Å². The Morgan fingerprint density at radius 2 is 2.00 bits per heavy atom. The van der Waals surface area contributed by atoms with Crippen molar-refractivity contribution in [2.24, 2.45) is 0 Å². The van der Waals surface area contributed by atoms with Crippen LogP contribution in [0.25, 0.3) is 11.6 Å². The zero-order chi connectivity index (χ0) is 14.7. The number of thioether (sulfide) groups is 1. The van der Waals surface area contributed by atoms with E-state index in [1.54, 1.807) is 24.3 Å². The molecule has 0 unspecified atom stereocenters. The molecule has 2 aromatic heterocycles. The Bertz CT molecular complexity index is 762. The quantitative estimate of drug-likeness (QED) is 0.746. The number of rotatable bonds is 4. The van der Waals surface area contributed by atoms with Gasteiger partial charge in [0.25, 0.3) is 5.89 Å². The lowest BCUT2D eigenvalue weighted by molar-refractivity contribution is 0.424. The van der Waals surface area contributed by atoms with Crippen molar-refractivity contribution in [1.29, 1.82) is 0 Å². The van der Waals surface area contributed by atoms with Gasteiger partial charge >= 0.3 is 0 Å². The van der Waals surface area contributed by atoms with Crippen molar-refractivity contribution < 1.29 is 8.91 Å². The van der Waals surface area contributed by atoms with E-state index in [0.717, 1.165) is 4.90 Å². The third-order valence-electron chi connectivity index (χ3n) is 2.62. The lowest BCUT2D eigenvalue weighted by Crippen LogP contribution is -1.91. The number of benzene rings is 1. The van der Waals surface area contributed by atoms with Gasteiger partial charge in [0.05, 0.1) is 5.75 Å². The van der Waals surface area contributed by atoms with E-state index in [4.69, 9.17) is 10.3 Å². The summed E-state index contributed by atoms with van der Waals surface area (Å²) < 4.78 is 18.2. The monoisotopic (exact) mass is 302 g/mol. The molecule has 0 saturated heterocycles. The smallest absolute Gasteiger partial charge is 0.276 e. The number of anilines is 1. The molecule has 0 atom stereocenters. The maximum atomic E-state index is 13.1. The van der Waals surface area contributed by atoms with Crippen LogP contribution in [0.15, 0.2) is 51.9 Å². The molecule has 3 rings (SSSR count). The number of hydrogen-bond acceptors (Lipinski definition) is 6. The molecule has 0 aliphatic rings. The molecule has 2 heterocycles. The van der Waals surface area contributed by atoms with E-state index in [1.165, 1.54) is 23.9 Å². The van der Waals surface area contributed by atoms with E-state index in [0.29, 0.717) is 29.0 Å². The third kappa shape index (κ3) is 3.38. The second kappa shape index (κ2) is 5.92. The van der Waals surface area contributed by atoms with Crippen LogP contribution in [0.4, 0.5) is 10.2 Å². The Balaban J connectivity index is 1.71. The summed E-state index contributed by atoms with van der Waals surface area (Å²) in [6.07, 6.45) is 0. The predicted octanol–water partition coefficient (Wildman–Crippen LogP) is 3.15. The molecule has 0 aliphatic carbocycles. The fraction of sp³-hybridized carbons (Fsp3) is 0.0714. The molecule has 106 valence electrons. The number of nitrogen functional groups attached to an aromatic ring is 1. The molecular formula is C14H11FN4OS. The van der Waals surface area contributed by atoms with Crippen LogP contribution in [0.1, 0.15) is 5.82 Å². The van der Waals surface area contributed by atoms with Crippen molar-refractivity contribution in [2.75, 3.05) is 5.73 Å². The highest BCUT2D eigenvalue weighted by molar-refractivity contribution is 7.98. The SMILES string of the molecule is Nc1cccc(-c2nc(CSc3cccc(F)c3)no2)n1. The van der Waals surface area contributed by atoms with Gasteiger partial charge < -0.3 is 10.3 Å². The van der Waals surface area contributed by atoms with Crippen molar-refractivity contribution in [1.82, 2.24) is 15.1 Å². The van der Waals surface area contributed by atoms with Crippen molar-refractivity contribution in [3.05, 3.63) is 54.1 Å². The third-order valence-corrected chi connectivity index (χ3v) is 3.61. The van der Waals surface area contributed by atoms with Gasteiger partial charge in [0.15, 0.2) is 5.82 Å². The normalized spacial score (nSPS) is 10.7. The van der Waals surface area contributed by atoms with Crippen LogP contribution in [0, 0.1) is 5.82 Å². The molecule has 7 heteroatoms. The lowest BCUT2D eigenvalue weighted by Gasteiger charge is -1.97. The molecule has 0 radical (unpaired) electrons. The maximum absolute atomic E-state index is 13.1. The first-order valence-electron chi connectivity index (χ1n) is 6.14. The zero-order valence-corrected chi connectivity index (χ0v) is 11.7. The molecule has 5 nitrogen and oxygen atoms in total. The Morgan fingerprint density at radius 3 is 2.81 bits per heavy atom. The fourth-order valence-electron chi connectivity index (χ4n) is 1.69. The largest absolute Gasteiger partial charge is 0.384 e. The van der Waals surface area contributed by atoms with E-state index in [-0.39, 0.29) is 5.82 Å². The van der Waals surface area contributed by atoms with Gasteiger partial charge in [-0.25, -0.2) is 9.37 Å². The van der Waals surface area contributed by atoms with E-state index in [2.05, 4.69) is 15.1 Å². The molecule has 0 saturated carbocycles. The van der Waals surface area contributed by atoms with Crippen LogP contribution in [0.3, 0.4) is 0 Å². The number of halogens is 1. The molecule has 0 amide bonds. The summed E-state index contributed by atoms with van der Waals surface area (Å²) in [6.45, 7) is 0. The summed E-state index contributed by atoms with van der Waals surface area (Å²) in [5.41, 5.74) is 6.14. The second-order valence-electron chi connectivity index (χ2n) is 4.21. The Labute approximate surface area is 124 Å². The van der Waals surface area contributed by atoms with Crippen molar-refractivity contribution in [2.45, 2.75) is 10.6 Å². The van der Waals surface area contributed by atoms with Gasteiger partial charge in [0.1, 0.15) is 17.3 Å². The average molecular weight is 302 g/mol. The number of hydrogen-bond donors (Lipinski definition) is 1. The highest BCUT2D eigenvalue weighted by Gasteiger charge is 2.10. The van der Waals surface area contributed by atoms with Gasteiger partial charge in [-0.15, -0.1) is 11.8 Å². The fourth-order valence-corrected chi connectivity index (χ4v) is 2.48. The van der Waals surface area contributed by atoms with Crippen molar-refractivity contribution >= 4 is 17.6 Å². The van der Waals surface area contributed by atoms with E-state index in [1.807, 2.05) is 6.07 Å². The minimum atomic E-state index is -0.266. The molecule has 0 aliphatic heterocycles. The summed E-state index contributed by atoms with van der Waals surface area (Å²) in [7, 11) is 0. The number of aromatic nitrogens is 3. The van der Waals surface area contributed by atoms with Crippen LogP contribution in [0.5, 0.6) is 0 Å². The standard InChI is InChI=1S/C14H11FN4OS/c15-9-3-1-4-10(7-9)21-8-13-18-14(20-19-13)11-5-2-6-12(16)17-11/h1-7H,8H2,(H2,16,17). The predicted molar refractivity (Wildman–Crippen MR) is 77.9 cm³/mol. The number of nitrogens with zero attached hydrogens (tertiary/aromatic N) is 3. The first-order chi connectivity index (χ1) is 10.2. The van der Waals surface area contributed by atoms with E-state index >= 15 is 0 Å². The Kier molecular flexibility index (Phi) is 3.83. The molecule has 0 fully saturated rings. The topological polar surface area (TPSA) is 77.8 Å². The lowest BCUT2D eigenvalue weighted by atomic mass is 10.3. The number of nitrogens with two attached hydrogens (primary N) is 1. The summed E-state index contributed by atoms with van der Waals surface area (Å²) in [5, 5.41) is 3.88. The molecule has 3 aromatic rings. The van der Waals surface area contributed by atoms with Crippen molar-refractivity contribution in [3.63, 3.8) is 0 Å². The molecule has 2 N–H and O–H groups in total. The Morgan fingerprint density at radius 1 is 1.14 bits per heavy atom. The summed E-state index contributed by atoms with van der Waals surface area (Å²) in [5.74, 6) is 1.44. The van der Waals surface area contributed by atoms with Crippen LogP contribution < -0.4 is 5.73 Å².